The fourth-order valence-corrected chi connectivity index (χ4v) is 2.21. The molecule has 2 atom stereocenters. The zero-order chi connectivity index (χ0) is 16.1. The van der Waals surface area contributed by atoms with Crippen molar-refractivity contribution in [3.63, 3.8) is 0 Å². The molecule has 118 valence electrons. The molecule has 0 aliphatic heterocycles. The van der Waals surface area contributed by atoms with Crippen LogP contribution in [0, 0.1) is 5.92 Å². The second-order valence-electron chi connectivity index (χ2n) is 5.27. The average molecular weight is 304 g/mol. The summed E-state index contributed by atoms with van der Waals surface area (Å²) < 4.78 is 10.6. The Balaban J connectivity index is 1.94. The summed E-state index contributed by atoms with van der Waals surface area (Å²) in [5.74, 6) is 0.215. The van der Waals surface area contributed by atoms with Gasteiger partial charge in [-0.15, -0.1) is 0 Å². The summed E-state index contributed by atoms with van der Waals surface area (Å²) in [6.45, 7) is 3.79. The third-order valence-electron chi connectivity index (χ3n) is 3.71. The van der Waals surface area contributed by atoms with Gasteiger partial charge in [0.2, 0.25) is 0 Å². The van der Waals surface area contributed by atoms with Crippen molar-refractivity contribution < 1.29 is 19.1 Å². The molecular formula is C17H20O5. The zero-order valence-electron chi connectivity index (χ0n) is 12.7. The van der Waals surface area contributed by atoms with Crippen molar-refractivity contribution in [1.82, 2.24) is 0 Å². The van der Waals surface area contributed by atoms with E-state index in [2.05, 4.69) is 0 Å². The first kappa shape index (κ1) is 16.2. The second-order valence-corrected chi connectivity index (χ2v) is 5.27. The number of aliphatic hydroxyl groups excluding tert-OH is 1. The Labute approximate surface area is 128 Å². The Morgan fingerprint density at radius 2 is 2.05 bits per heavy atom. The minimum Gasteiger partial charge on any atom is -0.493 e. The van der Waals surface area contributed by atoms with Crippen LogP contribution >= 0.6 is 0 Å². The monoisotopic (exact) mass is 304 g/mol. The first-order valence-electron chi connectivity index (χ1n) is 7.38. The number of ketones is 1. The van der Waals surface area contributed by atoms with Gasteiger partial charge < -0.3 is 14.3 Å². The third kappa shape index (κ3) is 3.95. The Bertz CT molecular complexity index is 704. The van der Waals surface area contributed by atoms with Crippen molar-refractivity contribution in [3.8, 4) is 5.75 Å². The molecule has 0 spiro atoms. The van der Waals surface area contributed by atoms with Crippen molar-refractivity contribution in [3.05, 3.63) is 40.8 Å². The van der Waals surface area contributed by atoms with Crippen LogP contribution in [0.15, 0.2) is 39.5 Å². The molecule has 0 saturated heterocycles. The normalized spacial score (nSPS) is 13.8. The molecule has 2 aromatic rings. The van der Waals surface area contributed by atoms with Crippen molar-refractivity contribution in [2.75, 3.05) is 6.61 Å². The van der Waals surface area contributed by atoms with Gasteiger partial charge in [0, 0.05) is 36.3 Å². The number of rotatable bonds is 7. The molecule has 0 bridgehead atoms. The van der Waals surface area contributed by atoms with Gasteiger partial charge in [0.05, 0.1) is 12.7 Å². The van der Waals surface area contributed by atoms with Gasteiger partial charge in [0.15, 0.2) is 0 Å². The van der Waals surface area contributed by atoms with Crippen LogP contribution in [0.3, 0.4) is 0 Å². The summed E-state index contributed by atoms with van der Waals surface area (Å²) in [6, 6.07) is 8.27. The molecule has 0 amide bonds. The van der Waals surface area contributed by atoms with Crippen molar-refractivity contribution in [2.45, 2.75) is 32.8 Å². The Kier molecular flexibility index (Phi) is 5.33. The van der Waals surface area contributed by atoms with E-state index in [1.165, 1.54) is 6.07 Å². The lowest BCUT2D eigenvalue weighted by Gasteiger charge is -2.17. The summed E-state index contributed by atoms with van der Waals surface area (Å²) in [6.07, 6.45) is 0.0674. The molecule has 22 heavy (non-hydrogen) atoms. The van der Waals surface area contributed by atoms with Gasteiger partial charge in [-0.2, -0.15) is 0 Å². The summed E-state index contributed by atoms with van der Waals surface area (Å²) in [4.78, 5) is 22.7. The average Bonchev–Trinajstić information content (AvgIpc) is 2.52. The molecule has 1 N–H and O–H groups in total. The van der Waals surface area contributed by atoms with E-state index >= 15 is 0 Å². The van der Waals surface area contributed by atoms with Crippen LogP contribution in [0.1, 0.15) is 26.7 Å². The van der Waals surface area contributed by atoms with Crippen LogP contribution < -0.4 is 10.4 Å². The molecule has 0 aliphatic carbocycles. The van der Waals surface area contributed by atoms with Gasteiger partial charge in [0.1, 0.15) is 17.1 Å². The highest BCUT2D eigenvalue weighted by molar-refractivity contribution is 5.80. The Morgan fingerprint density at radius 1 is 1.32 bits per heavy atom. The second kappa shape index (κ2) is 7.22. The van der Waals surface area contributed by atoms with Gasteiger partial charge in [-0.1, -0.05) is 13.8 Å². The molecular weight excluding hydrogens is 284 g/mol. The first-order chi connectivity index (χ1) is 10.5. The number of Topliss-reactive ketones (excluding diaryl/α,β-unsaturated/α-hetero) is 1. The van der Waals surface area contributed by atoms with Crippen LogP contribution in [0.25, 0.3) is 11.0 Å². The highest BCUT2D eigenvalue weighted by atomic mass is 16.5. The van der Waals surface area contributed by atoms with E-state index in [-0.39, 0.29) is 18.3 Å². The first-order valence-corrected chi connectivity index (χ1v) is 7.38. The Morgan fingerprint density at radius 3 is 2.77 bits per heavy atom. The molecule has 1 aromatic carbocycles. The summed E-state index contributed by atoms with van der Waals surface area (Å²) >= 11 is 0. The number of fused-ring (bicyclic) bond motifs is 1. The van der Waals surface area contributed by atoms with Crippen molar-refractivity contribution in [2.24, 2.45) is 5.92 Å². The van der Waals surface area contributed by atoms with Crippen molar-refractivity contribution >= 4 is 16.8 Å². The lowest BCUT2D eigenvalue weighted by atomic mass is 9.96. The van der Waals surface area contributed by atoms with Crippen LogP contribution in [-0.4, -0.2) is 23.6 Å². The molecule has 5 nitrogen and oxygen atoms in total. The number of benzene rings is 1. The predicted molar refractivity (Wildman–Crippen MR) is 83.1 cm³/mol. The largest absolute Gasteiger partial charge is 0.493 e. The lowest BCUT2D eigenvalue weighted by molar-refractivity contribution is -0.125. The topological polar surface area (TPSA) is 76.7 Å². The van der Waals surface area contributed by atoms with Gasteiger partial charge in [-0.05, 0) is 18.2 Å². The summed E-state index contributed by atoms with van der Waals surface area (Å²) in [5, 5.41) is 10.8. The highest BCUT2D eigenvalue weighted by Crippen LogP contribution is 2.20. The Hall–Kier alpha value is -2.14. The standard InChI is InChI=1S/C17H20O5/c1-3-14(18)11(2)15(19)8-9-21-13-6-4-12-5-7-17(20)22-16(12)10-13/h4-7,10-11,15,19H,3,8-9H2,1-2H3/t11-,15+/m0/s1. The SMILES string of the molecule is CCC(=O)[C@H](C)[C@H](O)CCOc1ccc2ccc(=O)oc2c1. The van der Waals surface area contributed by atoms with E-state index in [1.807, 2.05) is 0 Å². The van der Waals surface area contributed by atoms with E-state index < -0.39 is 11.7 Å². The maximum Gasteiger partial charge on any atom is 0.336 e. The van der Waals surface area contributed by atoms with Crippen LogP contribution in [0.2, 0.25) is 0 Å². The molecule has 2 rings (SSSR count). The third-order valence-corrected chi connectivity index (χ3v) is 3.71. The van der Waals surface area contributed by atoms with Crippen LogP contribution in [0.4, 0.5) is 0 Å². The summed E-state index contributed by atoms with van der Waals surface area (Å²) in [5.41, 5.74) is 0.0482. The fourth-order valence-electron chi connectivity index (χ4n) is 2.21. The number of ether oxygens (including phenoxy) is 1. The molecule has 0 saturated carbocycles. The molecule has 1 aromatic heterocycles. The van der Waals surface area contributed by atoms with E-state index in [9.17, 15) is 14.7 Å². The van der Waals surface area contributed by atoms with Crippen molar-refractivity contribution in [1.29, 1.82) is 0 Å². The smallest absolute Gasteiger partial charge is 0.336 e. The maximum absolute atomic E-state index is 11.5. The predicted octanol–water partition coefficient (Wildman–Crippen LogP) is 2.54. The highest BCUT2D eigenvalue weighted by Gasteiger charge is 2.20. The minimum absolute atomic E-state index is 0.0416. The van der Waals surface area contributed by atoms with E-state index in [0.717, 1.165) is 5.39 Å². The lowest BCUT2D eigenvalue weighted by Crippen LogP contribution is -2.26. The zero-order valence-corrected chi connectivity index (χ0v) is 12.7. The molecule has 0 aliphatic rings. The van der Waals surface area contributed by atoms with E-state index in [4.69, 9.17) is 9.15 Å². The molecule has 5 heteroatoms. The molecule has 0 radical (unpaired) electrons. The fraction of sp³-hybridized carbons (Fsp3) is 0.412. The quantitative estimate of drug-likeness (QED) is 0.795. The number of hydrogen-bond donors (Lipinski definition) is 1. The number of hydrogen-bond acceptors (Lipinski definition) is 5. The van der Waals surface area contributed by atoms with Gasteiger partial charge in [0.25, 0.3) is 0 Å². The van der Waals surface area contributed by atoms with Crippen LogP contribution in [0.5, 0.6) is 5.75 Å². The van der Waals surface area contributed by atoms with Gasteiger partial charge in [-0.25, -0.2) is 4.79 Å². The van der Waals surface area contributed by atoms with E-state index in [1.54, 1.807) is 38.1 Å². The van der Waals surface area contributed by atoms with Gasteiger partial charge in [-0.3, -0.25) is 4.79 Å². The molecule has 0 fully saturated rings. The van der Waals surface area contributed by atoms with Crippen LogP contribution in [-0.2, 0) is 4.79 Å². The summed E-state index contributed by atoms with van der Waals surface area (Å²) in [7, 11) is 0. The minimum atomic E-state index is -0.717. The molecule has 1 heterocycles. The van der Waals surface area contributed by atoms with E-state index in [0.29, 0.717) is 24.2 Å². The maximum atomic E-state index is 11.5. The number of carbonyl (C=O) groups is 1. The number of aliphatic hydroxyl groups is 1. The van der Waals surface area contributed by atoms with Gasteiger partial charge >= 0.3 is 5.63 Å². The number of carbonyl (C=O) groups excluding carboxylic acids is 1. The molecule has 0 unspecified atom stereocenters.